The van der Waals surface area contributed by atoms with Crippen molar-refractivity contribution in [2.24, 2.45) is 0 Å². The number of amides is 2. The smallest absolute Gasteiger partial charge is 0.313 e. The number of carbonyl (C=O) groups excluding carboxylic acids is 2. The van der Waals surface area contributed by atoms with Gasteiger partial charge in [-0.25, -0.2) is 0 Å². The third-order valence-electron chi connectivity index (χ3n) is 3.73. The number of anilines is 1. The summed E-state index contributed by atoms with van der Waals surface area (Å²) in [5, 5.41) is 24.1. The van der Waals surface area contributed by atoms with Gasteiger partial charge in [0.25, 0.3) is 0 Å². The fourth-order valence-corrected chi connectivity index (χ4v) is 2.52. The molecule has 9 heteroatoms. The zero-order valence-corrected chi connectivity index (χ0v) is 15.1. The van der Waals surface area contributed by atoms with Crippen LogP contribution in [0, 0.1) is 11.3 Å². The Morgan fingerprint density at radius 3 is 2.71 bits per heavy atom. The summed E-state index contributed by atoms with van der Waals surface area (Å²) in [6, 6.07) is 12.7. The third kappa shape index (κ3) is 4.40. The lowest BCUT2D eigenvalue weighted by molar-refractivity contribution is -0.136. The van der Waals surface area contributed by atoms with Crippen LogP contribution in [0.15, 0.2) is 57.6 Å². The molecule has 2 heterocycles. The molecular formula is C19H14ClN3O5. The van der Waals surface area contributed by atoms with E-state index in [4.69, 9.17) is 25.7 Å². The molecule has 3 N–H and O–H groups in total. The Balaban J connectivity index is 1.57. The van der Waals surface area contributed by atoms with Gasteiger partial charge in [-0.1, -0.05) is 11.6 Å². The molecule has 0 aliphatic carbocycles. The maximum absolute atomic E-state index is 12.0. The van der Waals surface area contributed by atoms with Crippen LogP contribution in [0.3, 0.4) is 0 Å². The minimum absolute atomic E-state index is 0.116. The fourth-order valence-electron chi connectivity index (χ4n) is 2.35. The molecule has 28 heavy (non-hydrogen) atoms. The molecule has 3 rings (SSSR count). The number of halogens is 1. The van der Waals surface area contributed by atoms with Crippen molar-refractivity contribution < 1.29 is 23.5 Å². The molecule has 3 aromatic rings. The maximum Gasteiger partial charge on any atom is 0.313 e. The highest BCUT2D eigenvalue weighted by Gasteiger charge is 2.19. The summed E-state index contributed by atoms with van der Waals surface area (Å²) in [5.74, 6) is -0.860. The van der Waals surface area contributed by atoms with E-state index in [1.807, 2.05) is 6.07 Å². The van der Waals surface area contributed by atoms with Gasteiger partial charge in [-0.3, -0.25) is 9.59 Å². The summed E-state index contributed by atoms with van der Waals surface area (Å²) in [4.78, 5) is 24.0. The number of hydrogen-bond acceptors (Lipinski definition) is 6. The molecule has 0 fully saturated rings. The normalized spacial score (nSPS) is 11.5. The molecule has 1 unspecified atom stereocenters. The first-order valence-corrected chi connectivity index (χ1v) is 8.46. The molecule has 1 atom stereocenters. The molecule has 0 bridgehead atoms. The van der Waals surface area contributed by atoms with Crippen LogP contribution in [0.1, 0.15) is 17.4 Å². The summed E-state index contributed by atoms with van der Waals surface area (Å²) in [7, 11) is 0. The summed E-state index contributed by atoms with van der Waals surface area (Å²) in [5.41, 5.74) is 0.274. The number of hydrogen-bond donors (Lipinski definition) is 3. The van der Waals surface area contributed by atoms with Gasteiger partial charge < -0.3 is 24.6 Å². The van der Waals surface area contributed by atoms with E-state index in [1.165, 1.54) is 24.5 Å². The Morgan fingerprint density at radius 2 is 2.00 bits per heavy atom. The zero-order valence-electron chi connectivity index (χ0n) is 14.3. The molecule has 2 aromatic heterocycles. The van der Waals surface area contributed by atoms with Crippen LogP contribution in [0.25, 0.3) is 11.5 Å². The van der Waals surface area contributed by atoms with Crippen LogP contribution in [0.4, 0.5) is 5.69 Å². The van der Waals surface area contributed by atoms with Crippen molar-refractivity contribution in [2.75, 3.05) is 11.9 Å². The van der Waals surface area contributed by atoms with Gasteiger partial charge in [-0.15, -0.1) is 0 Å². The second-order valence-electron chi connectivity index (χ2n) is 5.66. The summed E-state index contributed by atoms with van der Waals surface area (Å²) < 4.78 is 10.7. The van der Waals surface area contributed by atoms with Gasteiger partial charge in [0.15, 0.2) is 11.5 Å². The van der Waals surface area contributed by atoms with Crippen molar-refractivity contribution in [3.05, 3.63) is 65.1 Å². The van der Waals surface area contributed by atoms with Crippen LogP contribution >= 0.6 is 11.6 Å². The lowest BCUT2D eigenvalue weighted by atomic mass is 10.2. The second kappa shape index (κ2) is 8.43. The van der Waals surface area contributed by atoms with E-state index in [-0.39, 0.29) is 23.6 Å². The van der Waals surface area contributed by atoms with Crippen LogP contribution in [0.5, 0.6) is 0 Å². The van der Waals surface area contributed by atoms with Gasteiger partial charge in [0.2, 0.25) is 0 Å². The van der Waals surface area contributed by atoms with E-state index in [2.05, 4.69) is 10.6 Å². The van der Waals surface area contributed by atoms with Crippen molar-refractivity contribution >= 4 is 29.1 Å². The van der Waals surface area contributed by atoms with E-state index in [0.29, 0.717) is 16.5 Å². The van der Waals surface area contributed by atoms with E-state index >= 15 is 0 Å². The van der Waals surface area contributed by atoms with Gasteiger partial charge in [0.1, 0.15) is 17.9 Å². The van der Waals surface area contributed by atoms with Crippen LogP contribution in [-0.4, -0.2) is 23.5 Å². The number of rotatable bonds is 5. The summed E-state index contributed by atoms with van der Waals surface area (Å²) >= 11 is 5.83. The van der Waals surface area contributed by atoms with E-state index in [9.17, 15) is 14.7 Å². The highest BCUT2D eigenvalue weighted by atomic mass is 35.5. The SMILES string of the molecule is N#Cc1ccc(Cl)cc1NC(=O)C(=O)NCC(O)c1ccc(-c2ccco2)o1. The average Bonchev–Trinajstić information content (AvgIpc) is 3.37. The number of nitrogens with zero attached hydrogens (tertiary/aromatic N) is 1. The topological polar surface area (TPSA) is 128 Å². The van der Waals surface area contributed by atoms with Crippen molar-refractivity contribution in [3.8, 4) is 17.6 Å². The Morgan fingerprint density at radius 1 is 1.18 bits per heavy atom. The Bertz CT molecular complexity index is 1040. The third-order valence-corrected chi connectivity index (χ3v) is 3.97. The maximum atomic E-state index is 12.0. The number of benzene rings is 1. The number of furan rings is 2. The standard InChI is InChI=1S/C19H14ClN3O5/c20-12-4-3-11(9-21)13(8-12)23-19(26)18(25)22-10-14(24)15-5-6-17(28-15)16-2-1-7-27-16/h1-8,14,24H,10H2,(H,22,25)(H,23,26). The fraction of sp³-hybridized carbons (Fsp3) is 0.105. The first kappa shape index (κ1) is 19.2. The summed E-state index contributed by atoms with van der Waals surface area (Å²) in [6.07, 6.45) is 0.325. The van der Waals surface area contributed by atoms with Crippen molar-refractivity contribution in [1.29, 1.82) is 5.26 Å². The Kier molecular flexibility index (Phi) is 5.79. The monoisotopic (exact) mass is 399 g/mol. The second-order valence-corrected chi connectivity index (χ2v) is 6.10. The molecule has 142 valence electrons. The van der Waals surface area contributed by atoms with Crippen molar-refractivity contribution in [3.63, 3.8) is 0 Å². The largest absolute Gasteiger partial charge is 0.461 e. The predicted molar refractivity (Wildman–Crippen MR) is 99.2 cm³/mol. The minimum atomic E-state index is -1.17. The van der Waals surface area contributed by atoms with Crippen LogP contribution in [0.2, 0.25) is 5.02 Å². The van der Waals surface area contributed by atoms with Gasteiger partial charge in [0.05, 0.1) is 24.1 Å². The highest BCUT2D eigenvalue weighted by molar-refractivity contribution is 6.40. The molecule has 0 aliphatic rings. The van der Waals surface area contributed by atoms with Gasteiger partial charge in [-0.2, -0.15) is 5.26 Å². The first-order chi connectivity index (χ1) is 13.5. The molecule has 0 radical (unpaired) electrons. The molecule has 1 aromatic carbocycles. The quantitative estimate of drug-likeness (QED) is 0.566. The number of nitriles is 1. The van der Waals surface area contributed by atoms with Gasteiger partial charge in [0, 0.05) is 5.02 Å². The molecule has 0 saturated heterocycles. The Labute approximate surface area is 164 Å². The molecule has 2 amide bonds. The van der Waals surface area contributed by atoms with E-state index in [0.717, 1.165) is 0 Å². The number of nitrogens with one attached hydrogen (secondary N) is 2. The number of aliphatic hydroxyl groups excluding tert-OH is 1. The minimum Gasteiger partial charge on any atom is -0.461 e. The predicted octanol–water partition coefficient (Wildman–Crippen LogP) is 2.85. The number of aliphatic hydroxyl groups is 1. The van der Waals surface area contributed by atoms with Crippen molar-refractivity contribution in [1.82, 2.24) is 5.32 Å². The highest BCUT2D eigenvalue weighted by Crippen LogP contribution is 2.25. The molecule has 0 aliphatic heterocycles. The lowest BCUT2D eigenvalue weighted by Crippen LogP contribution is -2.37. The van der Waals surface area contributed by atoms with Gasteiger partial charge in [-0.05, 0) is 42.5 Å². The van der Waals surface area contributed by atoms with Crippen molar-refractivity contribution in [2.45, 2.75) is 6.10 Å². The zero-order chi connectivity index (χ0) is 20.1. The van der Waals surface area contributed by atoms with Gasteiger partial charge >= 0.3 is 11.8 Å². The first-order valence-electron chi connectivity index (χ1n) is 8.08. The molecule has 0 saturated carbocycles. The van der Waals surface area contributed by atoms with Crippen LogP contribution < -0.4 is 10.6 Å². The van der Waals surface area contributed by atoms with E-state index < -0.39 is 17.9 Å². The molecule has 8 nitrogen and oxygen atoms in total. The Hall–Kier alpha value is -3.54. The summed E-state index contributed by atoms with van der Waals surface area (Å²) in [6.45, 7) is -0.252. The van der Waals surface area contributed by atoms with Crippen LogP contribution in [-0.2, 0) is 9.59 Å². The lowest BCUT2D eigenvalue weighted by Gasteiger charge is -2.10. The number of carbonyl (C=O) groups is 2. The molecular weight excluding hydrogens is 386 g/mol. The molecule has 0 spiro atoms. The van der Waals surface area contributed by atoms with E-state index in [1.54, 1.807) is 24.3 Å². The average molecular weight is 400 g/mol.